The van der Waals surface area contributed by atoms with Gasteiger partial charge in [-0.3, -0.25) is 0 Å². The van der Waals surface area contributed by atoms with E-state index in [4.69, 9.17) is 0 Å². The van der Waals surface area contributed by atoms with Gasteiger partial charge in [0, 0.05) is 31.9 Å². The first kappa shape index (κ1) is 17.0. The van der Waals surface area contributed by atoms with E-state index in [0.29, 0.717) is 17.3 Å². The highest BCUT2D eigenvalue weighted by Gasteiger charge is 2.30. The molecule has 7 heteroatoms. The number of anilines is 1. The molecule has 0 spiro atoms. The molecule has 0 saturated carbocycles. The lowest BCUT2D eigenvalue weighted by Crippen LogP contribution is -2.48. The zero-order chi connectivity index (χ0) is 16.6. The molecule has 1 aromatic heterocycles. The molecule has 1 aromatic carbocycles. The van der Waals surface area contributed by atoms with Crippen LogP contribution in [0.4, 0.5) is 5.69 Å². The number of para-hydroxylation sites is 1. The zero-order valence-corrected chi connectivity index (χ0v) is 16.3. The van der Waals surface area contributed by atoms with Crippen LogP contribution in [-0.2, 0) is 10.0 Å². The van der Waals surface area contributed by atoms with Crippen molar-refractivity contribution in [2.24, 2.45) is 0 Å². The topological polar surface area (TPSA) is 40.6 Å². The van der Waals surface area contributed by atoms with Crippen molar-refractivity contribution in [3.8, 4) is 0 Å². The Morgan fingerprint density at radius 1 is 1.00 bits per heavy atom. The standard InChI is InChI=1S/C16H19BrN2O2S2/c1-12-4-3-5-13(2)16(12)18-8-10-19(11-9-18)23(20,21)15-7-6-14(17)22-15/h3-7H,8-11H2,1-2H3. The fourth-order valence-electron chi connectivity index (χ4n) is 3.02. The highest BCUT2D eigenvalue weighted by molar-refractivity contribution is 9.11. The van der Waals surface area contributed by atoms with Crippen LogP contribution in [0.15, 0.2) is 38.3 Å². The van der Waals surface area contributed by atoms with Gasteiger partial charge in [0.1, 0.15) is 4.21 Å². The first-order valence-corrected chi connectivity index (χ1v) is 10.5. The maximum Gasteiger partial charge on any atom is 0.252 e. The van der Waals surface area contributed by atoms with E-state index in [1.165, 1.54) is 28.2 Å². The van der Waals surface area contributed by atoms with Crippen LogP contribution < -0.4 is 4.90 Å². The molecule has 124 valence electrons. The van der Waals surface area contributed by atoms with Crippen LogP contribution in [0.3, 0.4) is 0 Å². The van der Waals surface area contributed by atoms with Crippen molar-refractivity contribution in [1.82, 2.24) is 4.31 Å². The van der Waals surface area contributed by atoms with Gasteiger partial charge in [-0.15, -0.1) is 11.3 Å². The molecular formula is C16H19BrN2O2S2. The van der Waals surface area contributed by atoms with E-state index < -0.39 is 10.0 Å². The van der Waals surface area contributed by atoms with Gasteiger partial charge in [0.05, 0.1) is 3.79 Å². The number of piperazine rings is 1. The SMILES string of the molecule is Cc1cccc(C)c1N1CCN(S(=O)(=O)c2ccc(Br)s2)CC1. The lowest BCUT2D eigenvalue weighted by molar-refractivity contribution is 0.385. The lowest BCUT2D eigenvalue weighted by Gasteiger charge is -2.36. The number of sulfonamides is 1. The molecule has 0 radical (unpaired) electrons. The number of hydrogen-bond acceptors (Lipinski definition) is 4. The van der Waals surface area contributed by atoms with E-state index >= 15 is 0 Å². The summed E-state index contributed by atoms with van der Waals surface area (Å²) in [5.41, 5.74) is 3.72. The third kappa shape index (κ3) is 3.33. The number of benzene rings is 1. The molecule has 4 nitrogen and oxygen atoms in total. The van der Waals surface area contributed by atoms with E-state index in [-0.39, 0.29) is 0 Å². The van der Waals surface area contributed by atoms with Crippen molar-refractivity contribution in [1.29, 1.82) is 0 Å². The number of hydrogen-bond donors (Lipinski definition) is 0. The second-order valence-electron chi connectivity index (χ2n) is 5.69. The van der Waals surface area contributed by atoms with Crippen LogP contribution in [0.25, 0.3) is 0 Å². The Bertz CT molecular complexity index is 789. The minimum Gasteiger partial charge on any atom is -0.368 e. The molecular weight excluding hydrogens is 396 g/mol. The Kier molecular flexibility index (Phi) is 4.83. The number of rotatable bonds is 3. The van der Waals surface area contributed by atoms with Crippen LogP contribution in [0.5, 0.6) is 0 Å². The molecule has 2 aromatic rings. The third-order valence-corrected chi connectivity index (χ3v) is 8.13. The Hall–Kier alpha value is -0.890. The number of aryl methyl sites for hydroxylation is 2. The summed E-state index contributed by atoms with van der Waals surface area (Å²) in [4.78, 5) is 2.29. The maximum absolute atomic E-state index is 12.7. The lowest BCUT2D eigenvalue weighted by atomic mass is 10.1. The molecule has 0 unspecified atom stereocenters. The molecule has 1 aliphatic heterocycles. The van der Waals surface area contributed by atoms with Gasteiger partial charge in [0.25, 0.3) is 10.0 Å². The average molecular weight is 415 g/mol. The van der Waals surface area contributed by atoms with Crippen LogP contribution in [0.2, 0.25) is 0 Å². The average Bonchev–Trinajstić information content (AvgIpc) is 2.95. The van der Waals surface area contributed by atoms with Crippen molar-refractivity contribution in [3.63, 3.8) is 0 Å². The van der Waals surface area contributed by atoms with Gasteiger partial charge < -0.3 is 4.90 Å². The molecule has 0 aliphatic carbocycles. The van der Waals surface area contributed by atoms with Gasteiger partial charge in [-0.25, -0.2) is 8.42 Å². The molecule has 2 heterocycles. The summed E-state index contributed by atoms with van der Waals surface area (Å²) >= 11 is 4.60. The van der Waals surface area contributed by atoms with Crippen molar-refractivity contribution in [3.05, 3.63) is 45.2 Å². The van der Waals surface area contributed by atoms with Crippen molar-refractivity contribution >= 4 is 43.0 Å². The van der Waals surface area contributed by atoms with Crippen LogP contribution in [0.1, 0.15) is 11.1 Å². The number of halogens is 1. The minimum atomic E-state index is -3.37. The largest absolute Gasteiger partial charge is 0.368 e. The summed E-state index contributed by atoms with van der Waals surface area (Å²) < 4.78 is 28.2. The van der Waals surface area contributed by atoms with Crippen molar-refractivity contribution < 1.29 is 8.42 Å². The first-order valence-electron chi connectivity index (χ1n) is 7.46. The second kappa shape index (κ2) is 6.55. The van der Waals surface area contributed by atoms with Gasteiger partial charge in [-0.2, -0.15) is 4.31 Å². The Balaban J connectivity index is 1.76. The smallest absolute Gasteiger partial charge is 0.252 e. The summed E-state index contributed by atoms with van der Waals surface area (Å²) in [6, 6.07) is 9.72. The van der Waals surface area contributed by atoms with Crippen molar-refractivity contribution in [2.75, 3.05) is 31.1 Å². The van der Waals surface area contributed by atoms with E-state index in [1.54, 1.807) is 16.4 Å². The van der Waals surface area contributed by atoms with Crippen LogP contribution in [0, 0.1) is 13.8 Å². The van der Waals surface area contributed by atoms with E-state index in [9.17, 15) is 8.42 Å². The molecule has 23 heavy (non-hydrogen) atoms. The summed E-state index contributed by atoms with van der Waals surface area (Å²) in [6.45, 7) is 6.69. The van der Waals surface area contributed by atoms with Gasteiger partial charge in [-0.1, -0.05) is 18.2 Å². The minimum absolute atomic E-state index is 0.407. The van der Waals surface area contributed by atoms with Crippen molar-refractivity contribution in [2.45, 2.75) is 18.1 Å². The molecule has 1 aliphatic rings. The number of nitrogens with zero attached hydrogens (tertiary/aromatic N) is 2. The van der Waals surface area contributed by atoms with E-state index in [2.05, 4.69) is 52.9 Å². The van der Waals surface area contributed by atoms with Crippen LogP contribution in [-0.4, -0.2) is 38.9 Å². The summed E-state index contributed by atoms with van der Waals surface area (Å²) in [5, 5.41) is 0. The predicted molar refractivity (Wildman–Crippen MR) is 98.9 cm³/mol. The number of thiophene rings is 1. The van der Waals surface area contributed by atoms with E-state index in [0.717, 1.165) is 16.9 Å². The Morgan fingerprint density at radius 2 is 1.61 bits per heavy atom. The van der Waals surface area contributed by atoms with Crippen LogP contribution >= 0.6 is 27.3 Å². The molecule has 3 rings (SSSR count). The monoisotopic (exact) mass is 414 g/mol. The molecule has 0 amide bonds. The second-order valence-corrected chi connectivity index (χ2v) is 10.3. The summed E-state index contributed by atoms with van der Waals surface area (Å²) in [7, 11) is -3.37. The predicted octanol–water partition coefficient (Wildman–Crippen LogP) is 3.64. The van der Waals surface area contributed by atoms with Gasteiger partial charge >= 0.3 is 0 Å². The highest BCUT2D eigenvalue weighted by Crippen LogP contribution is 2.30. The fraction of sp³-hybridized carbons (Fsp3) is 0.375. The zero-order valence-electron chi connectivity index (χ0n) is 13.1. The normalized spacial score (nSPS) is 16.7. The third-order valence-electron chi connectivity index (χ3n) is 4.14. The summed E-state index contributed by atoms with van der Waals surface area (Å²) in [6.07, 6.45) is 0. The quantitative estimate of drug-likeness (QED) is 0.769. The van der Waals surface area contributed by atoms with Gasteiger partial charge in [-0.05, 0) is 53.0 Å². The van der Waals surface area contributed by atoms with Gasteiger partial charge in [0.15, 0.2) is 0 Å². The Morgan fingerprint density at radius 3 is 2.13 bits per heavy atom. The molecule has 0 bridgehead atoms. The Labute approximate surface area is 149 Å². The molecule has 1 saturated heterocycles. The fourth-order valence-corrected chi connectivity index (χ4v) is 6.61. The molecule has 1 fully saturated rings. The maximum atomic E-state index is 12.7. The van der Waals surface area contributed by atoms with Gasteiger partial charge in [0.2, 0.25) is 0 Å². The summed E-state index contributed by atoms with van der Waals surface area (Å²) in [5.74, 6) is 0. The molecule has 0 atom stereocenters. The molecule has 0 N–H and O–H groups in total. The first-order chi connectivity index (χ1) is 10.9. The highest BCUT2D eigenvalue weighted by atomic mass is 79.9. The van der Waals surface area contributed by atoms with E-state index in [1.807, 2.05) is 0 Å².